The van der Waals surface area contributed by atoms with E-state index in [1.807, 2.05) is 0 Å². The standard InChI is InChI=1S/C13H18N4O4S/c1-14-6-7-15-12(18)9-3-2-8-16(9)13(19)10-4-5-11(22-10)17(20)21/h4-5,9,14H,2-3,6-8H2,1H3,(H,15,18). The molecule has 0 aromatic carbocycles. The second kappa shape index (κ2) is 7.32. The maximum atomic E-state index is 12.4. The molecule has 1 aliphatic heterocycles. The second-order valence-electron chi connectivity index (χ2n) is 4.95. The first kappa shape index (κ1) is 16.4. The smallest absolute Gasteiger partial charge is 0.324 e. The molecule has 1 fully saturated rings. The number of hydrogen-bond acceptors (Lipinski definition) is 6. The maximum Gasteiger partial charge on any atom is 0.324 e. The summed E-state index contributed by atoms with van der Waals surface area (Å²) >= 11 is 0.839. The first-order valence-corrected chi connectivity index (χ1v) is 7.83. The van der Waals surface area contributed by atoms with Gasteiger partial charge in [-0.3, -0.25) is 19.7 Å². The molecule has 0 saturated carbocycles. The van der Waals surface area contributed by atoms with Crippen LogP contribution in [0.1, 0.15) is 22.5 Å². The van der Waals surface area contributed by atoms with Crippen LogP contribution in [0.15, 0.2) is 12.1 Å². The van der Waals surface area contributed by atoms with Gasteiger partial charge in [0, 0.05) is 25.7 Å². The molecular weight excluding hydrogens is 308 g/mol. The Morgan fingerprint density at radius 2 is 2.23 bits per heavy atom. The van der Waals surface area contributed by atoms with Gasteiger partial charge >= 0.3 is 5.00 Å². The monoisotopic (exact) mass is 326 g/mol. The van der Waals surface area contributed by atoms with Crippen LogP contribution in [0.3, 0.4) is 0 Å². The lowest BCUT2D eigenvalue weighted by molar-refractivity contribution is -0.380. The predicted molar refractivity (Wildman–Crippen MR) is 82.0 cm³/mol. The van der Waals surface area contributed by atoms with Gasteiger partial charge in [0.25, 0.3) is 5.91 Å². The zero-order chi connectivity index (χ0) is 16.1. The zero-order valence-corrected chi connectivity index (χ0v) is 13.0. The van der Waals surface area contributed by atoms with E-state index in [1.165, 1.54) is 17.0 Å². The van der Waals surface area contributed by atoms with Crippen molar-refractivity contribution in [3.05, 3.63) is 27.1 Å². The Labute approximate surface area is 131 Å². The molecule has 1 saturated heterocycles. The molecule has 2 heterocycles. The molecule has 9 heteroatoms. The minimum absolute atomic E-state index is 0.0717. The summed E-state index contributed by atoms with van der Waals surface area (Å²) in [4.78, 5) is 36.6. The summed E-state index contributed by atoms with van der Waals surface area (Å²) < 4.78 is 0. The minimum atomic E-state index is -0.520. The molecule has 1 aromatic heterocycles. The number of likely N-dealkylation sites (N-methyl/N-ethyl adjacent to an activating group) is 1. The van der Waals surface area contributed by atoms with Crippen LogP contribution in [0, 0.1) is 10.1 Å². The van der Waals surface area contributed by atoms with Crippen LogP contribution >= 0.6 is 11.3 Å². The van der Waals surface area contributed by atoms with Crippen LogP contribution in [0.5, 0.6) is 0 Å². The first-order chi connectivity index (χ1) is 10.5. The van der Waals surface area contributed by atoms with Gasteiger partial charge < -0.3 is 15.5 Å². The van der Waals surface area contributed by atoms with Crippen LogP contribution in [-0.2, 0) is 4.79 Å². The van der Waals surface area contributed by atoms with E-state index >= 15 is 0 Å². The van der Waals surface area contributed by atoms with Crippen molar-refractivity contribution >= 4 is 28.2 Å². The van der Waals surface area contributed by atoms with Gasteiger partial charge in [-0.25, -0.2) is 0 Å². The first-order valence-electron chi connectivity index (χ1n) is 7.02. The third-order valence-electron chi connectivity index (χ3n) is 3.47. The van der Waals surface area contributed by atoms with E-state index in [4.69, 9.17) is 0 Å². The Morgan fingerprint density at radius 3 is 2.86 bits per heavy atom. The van der Waals surface area contributed by atoms with E-state index in [-0.39, 0.29) is 16.8 Å². The van der Waals surface area contributed by atoms with E-state index in [9.17, 15) is 19.7 Å². The average molecular weight is 326 g/mol. The van der Waals surface area contributed by atoms with E-state index < -0.39 is 11.0 Å². The van der Waals surface area contributed by atoms with Crippen molar-refractivity contribution in [1.82, 2.24) is 15.5 Å². The Hall–Kier alpha value is -2.00. The minimum Gasteiger partial charge on any atom is -0.353 e. The van der Waals surface area contributed by atoms with E-state index in [2.05, 4.69) is 10.6 Å². The van der Waals surface area contributed by atoms with Crippen molar-refractivity contribution < 1.29 is 14.5 Å². The Morgan fingerprint density at radius 1 is 1.45 bits per heavy atom. The molecule has 0 radical (unpaired) electrons. The highest BCUT2D eigenvalue weighted by Crippen LogP contribution is 2.28. The van der Waals surface area contributed by atoms with Crippen molar-refractivity contribution in [2.24, 2.45) is 0 Å². The molecule has 2 N–H and O–H groups in total. The molecule has 0 spiro atoms. The van der Waals surface area contributed by atoms with Gasteiger partial charge in [0.2, 0.25) is 5.91 Å². The van der Waals surface area contributed by atoms with Crippen LogP contribution in [-0.4, -0.2) is 54.4 Å². The number of nitro groups is 1. The molecular formula is C13H18N4O4S. The van der Waals surface area contributed by atoms with Crippen LogP contribution in [0.4, 0.5) is 5.00 Å². The van der Waals surface area contributed by atoms with Crippen molar-refractivity contribution in [3.8, 4) is 0 Å². The number of likely N-dealkylation sites (tertiary alicyclic amines) is 1. The topological polar surface area (TPSA) is 105 Å². The number of nitrogens with one attached hydrogen (secondary N) is 2. The molecule has 2 rings (SSSR count). The third-order valence-corrected chi connectivity index (χ3v) is 4.50. The molecule has 0 aliphatic carbocycles. The Balaban J connectivity index is 2.04. The summed E-state index contributed by atoms with van der Waals surface area (Å²) in [6.45, 7) is 1.65. The molecule has 1 aromatic rings. The summed E-state index contributed by atoms with van der Waals surface area (Å²) in [5.74, 6) is -0.489. The molecule has 0 bridgehead atoms. The van der Waals surface area contributed by atoms with Crippen molar-refractivity contribution in [2.75, 3.05) is 26.7 Å². The van der Waals surface area contributed by atoms with Gasteiger partial charge in [-0.1, -0.05) is 11.3 Å². The summed E-state index contributed by atoms with van der Waals surface area (Å²) in [7, 11) is 1.79. The van der Waals surface area contributed by atoms with Crippen molar-refractivity contribution in [1.29, 1.82) is 0 Å². The molecule has 22 heavy (non-hydrogen) atoms. The van der Waals surface area contributed by atoms with Gasteiger partial charge in [0.15, 0.2) is 0 Å². The Bertz CT molecular complexity index is 574. The molecule has 2 amide bonds. The van der Waals surface area contributed by atoms with Crippen LogP contribution in [0.2, 0.25) is 0 Å². The highest BCUT2D eigenvalue weighted by molar-refractivity contribution is 7.17. The second-order valence-corrected chi connectivity index (χ2v) is 6.01. The largest absolute Gasteiger partial charge is 0.353 e. The molecule has 1 atom stereocenters. The predicted octanol–water partition coefficient (Wildman–Crippen LogP) is 0.597. The van der Waals surface area contributed by atoms with Crippen LogP contribution in [0.25, 0.3) is 0 Å². The number of hydrogen-bond donors (Lipinski definition) is 2. The average Bonchev–Trinajstić information content (AvgIpc) is 3.16. The van der Waals surface area contributed by atoms with Gasteiger partial charge in [-0.15, -0.1) is 0 Å². The van der Waals surface area contributed by atoms with Crippen LogP contribution < -0.4 is 10.6 Å². The normalized spacial score (nSPS) is 17.5. The van der Waals surface area contributed by atoms with E-state index in [0.717, 1.165) is 17.8 Å². The number of carbonyl (C=O) groups excluding carboxylic acids is 2. The highest BCUT2D eigenvalue weighted by atomic mass is 32.1. The lowest BCUT2D eigenvalue weighted by atomic mass is 10.2. The van der Waals surface area contributed by atoms with Gasteiger partial charge in [-0.05, 0) is 26.0 Å². The zero-order valence-electron chi connectivity index (χ0n) is 12.2. The molecule has 120 valence electrons. The summed E-state index contributed by atoms with van der Waals surface area (Å²) in [6.07, 6.45) is 1.37. The highest BCUT2D eigenvalue weighted by Gasteiger charge is 2.35. The quantitative estimate of drug-likeness (QED) is 0.452. The summed E-state index contributed by atoms with van der Waals surface area (Å²) in [5.41, 5.74) is 0. The number of thiophene rings is 1. The molecule has 8 nitrogen and oxygen atoms in total. The molecule has 1 unspecified atom stereocenters. The maximum absolute atomic E-state index is 12.4. The van der Waals surface area contributed by atoms with Crippen molar-refractivity contribution in [3.63, 3.8) is 0 Å². The fourth-order valence-electron chi connectivity index (χ4n) is 2.39. The van der Waals surface area contributed by atoms with Gasteiger partial charge in [0.05, 0.1) is 9.80 Å². The lowest BCUT2D eigenvalue weighted by Crippen LogP contribution is -2.46. The van der Waals surface area contributed by atoms with Crippen molar-refractivity contribution in [2.45, 2.75) is 18.9 Å². The fourth-order valence-corrected chi connectivity index (χ4v) is 3.17. The SMILES string of the molecule is CNCCNC(=O)C1CCCN1C(=O)c1ccc([N+](=O)[O-])s1. The van der Waals surface area contributed by atoms with Gasteiger partial charge in [-0.2, -0.15) is 0 Å². The van der Waals surface area contributed by atoms with E-state index in [0.29, 0.717) is 30.9 Å². The fraction of sp³-hybridized carbons (Fsp3) is 0.538. The lowest BCUT2D eigenvalue weighted by Gasteiger charge is -2.23. The Kier molecular flexibility index (Phi) is 5.45. The summed E-state index contributed by atoms with van der Waals surface area (Å²) in [5, 5.41) is 16.3. The van der Waals surface area contributed by atoms with Gasteiger partial charge in [0.1, 0.15) is 6.04 Å². The third kappa shape index (κ3) is 3.60. The number of nitrogens with zero attached hydrogens (tertiary/aromatic N) is 2. The molecule has 1 aliphatic rings. The number of amides is 2. The van der Waals surface area contributed by atoms with E-state index in [1.54, 1.807) is 7.05 Å². The number of rotatable bonds is 6. The number of carbonyl (C=O) groups is 2. The summed E-state index contributed by atoms with van der Waals surface area (Å²) in [6, 6.07) is 2.26.